The van der Waals surface area contributed by atoms with Crippen molar-refractivity contribution in [3.8, 4) is 11.3 Å². The van der Waals surface area contributed by atoms with Crippen LogP contribution in [0.25, 0.3) is 33.4 Å². The second kappa shape index (κ2) is 50.9. The SMILES string of the molecule is CO[C@H]1C[C@@H]2CC[C@@H](C)[C@@](O)(O2)C(=O)C(=O)N2CCCC[C@H]2C(=O)O[C@H]([C@H](C)C[C@@H]2CC[C@@H](O)[C@H](OC)C2)CC(=O)[C@H](C)/C=C(\C)[C@@H](OC(=O)NCCOCCOCCOCCOCCOCCOCCOCCOCCC(=O)N2CCc3cc(Cn4nc(-c5ccc6oc(N)nc6c5)c5c(N)ncnc54)ccc3C2)[C@@H](OC)C(=O)[C@H](C)C[C@H](C)/C=C/C=C/C=C/1C. The molecule has 700 valence electrons. The van der Waals surface area contributed by atoms with Crippen LogP contribution in [0.3, 0.4) is 0 Å². The summed E-state index contributed by atoms with van der Waals surface area (Å²) in [6.45, 7) is 19.5. The number of nitrogens with two attached hydrogens (primary N) is 2. The molecule has 3 amide bonds. The number of piperidine rings is 1. The Labute approximate surface area is 744 Å². The van der Waals surface area contributed by atoms with Crippen molar-refractivity contribution in [1.82, 2.24) is 39.8 Å². The second-order valence-corrected chi connectivity index (χ2v) is 33.9. The van der Waals surface area contributed by atoms with E-state index in [1.54, 1.807) is 54.1 Å². The van der Waals surface area contributed by atoms with Crippen molar-refractivity contribution in [3.63, 3.8) is 0 Å². The van der Waals surface area contributed by atoms with E-state index in [0.29, 0.717) is 203 Å². The molecule has 7 N–H and O–H groups in total. The van der Waals surface area contributed by atoms with Crippen molar-refractivity contribution in [1.29, 1.82) is 0 Å². The summed E-state index contributed by atoms with van der Waals surface area (Å²) in [5, 5.41) is 31.1. The zero-order valence-corrected chi connectivity index (χ0v) is 75.5. The van der Waals surface area contributed by atoms with E-state index in [9.17, 15) is 43.8 Å². The van der Waals surface area contributed by atoms with Gasteiger partial charge in [0.05, 0.1) is 148 Å². The first kappa shape index (κ1) is 100. The first-order chi connectivity index (χ1) is 61.3. The van der Waals surface area contributed by atoms with Gasteiger partial charge in [-0.25, -0.2) is 24.2 Å². The lowest BCUT2D eigenvalue weighted by Crippen LogP contribution is -2.61. The normalized spacial score (nSPS) is 27.0. The smallest absolute Gasteiger partial charge is 0.407 e. The van der Waals surface area contributed by atoms with Gasteiger partial charge in [0.15, 0.2) is 29.2 Å². The summed E-state index contributed by atoms with van der Waals surface area (Å²) in [6, 6.07) is 10.7. The van der Waals surface area contributed by atoms with Crippen molar-refractivity contribution in [2.24, 2.45) is 35.5 Å². The number of ketones is 3. The van der Waals surface area contributed by atoms with E-state index in [0.717, 1.165) is 28.7 Å². The fourth-order valence-electron chi connectivity index (χ4n) is 17.1. The van der Waals surface area contributed by atoms with E-state index in [1.165, 1.54) is 23.9 Å². The lowest BCUT2D eigenvalue weighted by atomic mass is 9.78. The van der Waals surface area contributed by atoms with E-state index in [2.05, 4.69) is 38.5 Å². The van der Waals surface area contributed by atoms with Crippen LogP contribution in [0.5, 0.6) is 0 Å². The van der Waals surface area contributed by atoms with E-state index < -0.39 is 102 Å². The number of hydrogen-bond acceptors (Lipinski definition) is 30. The number of oxazole rings is 1. The average molecular weight is 1780 g/mol. The lowest BCUT2D eigenvalue weighted by Gasteiger charge is -2.42. The van der Waals surface area contributed by atoms with Crippen LogP contribution in [0.15, 0.2) is 94.7 Å². The van der Waals surface area contributed by atoms with Crippen molar-refractivity contribution in [2.75, 3.05) is 158 Å². The van der Waals surface area contributed by atoms with Crippen LogP contribution in [0.1, 0.15) is 149 Å². The van der Waals surface area contributed by atoms with Gasteiger partial charge in [0.2, 0.25) is 11.7 Å². The summed E-state index contributed by atoms with van der Waals surface area (Å²) in [6.07, 6.45) is 11.6. The Bertz CT molecular complexity index is 4510. The van der Waals surface area contributed by atoms with Crippen LogP contribution in [0.4, 0.5) is 16.6 Å². The number of Topliss-reactive ketones (excluding diaryl/α,β-unsaturated/α-hetero) is 3. The summed E-state index contributed by atoms with van der Waals surface area (Å²) in [5.74, 6) is -8.52. The minimum absolute atomic E-state index is 0.0360. The predicted molar refractivity (Wildman–Crippen MR) is 470 cm³/mol. The van der Waals surface area contributed by atoms with Crippen LogP contribution in [0, 0.1) is 35.5 Å². The van der Waals surface area contributed by atoms with Gasteiger partial charge < -0.3 is 108 Å². The maximum absolute atomic E-state index is 14.8. The number of nitrogens with one attached hydrogen (secondary N) is 1. The van der Waals surface area contributed by atoms with Crippen LogP contribution in [-0.4, -0.2) is 287 Å². The molecular weight excluding hydrogens is 1640 g/mol. The number of hydrogen-bond donors (Lipinski definition) is 5. The molecule has 1 aliphatic carbocycles. The molecule has 127 heavy (non-hydrogen) atoms. The number of nitrogens with zero attached hydrogens (tertiary/aromatic N) is 7. The van der Waals surface area contributed by atoms with Gasteiger partial charge in [-0.1, -0.05) is 89.3 Å². The first-order valence-electron chi connectivity index (χ1n) is 44.8. The van der Waals surface area contributed by atoms with E-state index >= 15 is 0 Å². The average Bonchev–Trinajstić information content (AvgIpc) is 1.72. The van der Waals surface area contributed by atoms with Crippen molar-refractivity contribution in [3.05, 3.63) is 107 Å². The summed E-state index contributed by atoms with van der Waals surface area (Å²) >= 11 is 0. The molecule has 2 saturated heterocycles. The summed E-state index contributed by atoms with van der Waals surface area (Å²) in [4.78, 5) is 116. The number of allylic oxidation sites excluding steroid dienone is 6. The van der Waals surface area contributed by atoms with Gasteiger partial charge in [-0.15, -0.1) is 0 Å². The molecule has 34 heteroatoms. The number of cyclic esters (lactones) is 1. The summed E-state index contributed by atoms with van der Waals surface area (Å²) in [5.41, 5.74) is 19.9. The number of carbonyl (C=O) groups is 7. The van der Waals surface area contributed by atoms with Gasteiger partial charge in [-0.3, -0.25) is 24.0 Å². The Morgan fingerprint density at radius 2 is 1.39 bits per heavy atom. The van der Waals surface area contributed by atoms with E-state index in [4.69, 9.17) is 87.3 Å². The van der Waals surface area contributed by atoms with Gasteiger partial charge >= 0.3 is 12.1 Å². The number of carbonyl (C=O) groups excluding carboxylic acids is 7. The number of ether oxygens (including phenoxy) is 14. The minimum atomic E-state index is -2.48. The number of aliphatic hydroxyl groups excluding tert-OH is 1. The highest BCUT2D eigenvalue weighted by Crippen LogP contribution is 2.40. The Morgan fingerprint density at radius 3 is 2.06 bits per heavy atom. The van der Waals surface area contributed by atoms with Gasteiger partial charge in [-0.05, 0) is 148 Å². The van der Waals surface area contributed by atoms with Gasteiger partial charge in [-0.2, -0.15) is 10.1 Å². The molecule has 4 aliphatic heterocycles. The number of aliphatic hydroxyl groups is 2. The van der Waals surface area contributed by atoms with E-state index in [-0.39, 0.29) is 93.9 Å². The van der Waals surface area contributed by atoms with Gasteiger partial charge in [0, 0.05) is 83.7 Å². The zero-order chi connectivity index (χ0) is 90.9. The van der Waals surface area contributed by atoms with Gasteiger partial charge in [0.25, 0.3) is 17.7 Å². The molecule has 5 aliphatic rings. The highest BCUT2D eigenvalue weighted by atomic mass is 16.6. The number of aromatic nitrogens is 5. The fraction of sp³-hybridized carbons (Fsp3) is 0.645. The van der Waals surface area contributed by atoms with Gasteiger partial charge in [0.1, 0.15) is 41.3 Å². The highest BCUT2D eigenvalue weighted by Gasteiger charge is 2.53. The molecule has 0 unspecified atom stereocenters. The molecule has 0 radical (unpaired) electrons. The van der Waals surface area contributed by atoms with Crippen molar-refractivity contribution < 1.29 is 115 Å². The third-order valence-electron chi connectivity index (χ3n) is 24.5. The number of esters is 1. The number of fused-ring (bicyclic) bond motifs is 6. The zero-order valence-electron chi connectivity index (χ0n) is 75.5. The Hall–Kier alpha value is -8.85. The number of rotatable bonds is 37. The quantitative estimate of drug-likeness (QED) is 0.0107. The summed E-state index contributed by atoms with van der Waals surface area (Å²) in [7, 11) is 4.48. The number of alkyl carbamates (subject to hydrolysis) is 1. The minimum Gasteiger partial charge on any atom is -0.460 e. The molecule has 7 heterocycles. The molecule has 3 fully saturated rings. The first-order valence-corrected chi connectivity index (χ1v) is 44.8. The molecule has 1 saturated carbocycles. The molecular formula is C93H134N10O24. The fourth-order valence-corrected chi connectivity index (χ4v) is 17.1. The predicted octanol–water partition coefficient (Wildman–Crippen LogP) is 9.18. The highest BCUT2D eigenvalue weighted by molar-refractivity contribution is 6.39. The Kier molecular flexibility index (Phi) is 40.2. The number of benzene rings is 2. The Morgan fingerprint density at radius 1 is 0.709 bits per heavy atom. The molecule has 15 atom stereocenters. The summed E-state index contributed by atoms with van der Waals surface area (Å²) < 4.78 is 88.7. The Balaban J connectivity index is 0.592. The van der Waals surface area contributed by atoms with Crippen molar-refractivity contribution in [2.45, 2.75) is 206 Å². The number of nitrogen functional groups attached to an aromatic ring is 2. The molecule has 5 aromatic rings. The third kappa shape index (κ3) is 29.3. The maximum Gasteiger partial charge on any atom is 0.407 e. The molecule has 10 rings (SSSR count). The van der Waals surface area contributed by atoms with Crippen LogP contribution in [-0.2, 0) is 115 Å². The second-order valence-electron chi connectivity index (χ2n) is 33.9. The number of amides is 3. The van der Waals surface area contributed by atoms with E-state index in [1.807, 2.05) is 72.9 Å². The van der Waals surface area contributed by atoms with Crippen molar-refractivity contribution >= 4 is 75.2 Å². The third-order valence-corrected chi connectivity index (χ3v) is 24.5. The molecule has 0 spiro atoms. The number of methoxy groups -OCH3 is 3. The molecule has 2 aromatic carbocycles. The largest absolute Gasteiger partial charge is 0.460 e. The topological polar surface area (TPSA) is 429 Å². The molecule has 34 nitrogen and oxygen atoms in total. The molecule has 2 bridgehead atoms. The molecule has 3 aromatic heterocycles. The lowest BCUT2D eigenvalue weighted by molar-refractivity contribution is -0.265. The van der Waals surface area contributed by atoms with Crippen LogP contribution < -0.4 is 16.8 Å². The van der Waals surface area contributed by atoms with Crippen LogP contribution in [0.2, 0.25) is 0 Å². The maximum atomic E-state index is 14.8. The number of anilines is 2. The monoisotopic (exact) mass is 1770 g/mol. The standard InChI is InChI=1S/C93H134N10O24/c1-59-16-12-11-13-17-60(2)77(113-8)54-71-24-19-65(7)93(112,127-71)86(108)89(109)102-30-15-14-18-73(102)90(110)124-78(62(4)50-66-21-25-74(104)79(52-66)114-9)55-75(105)61(3)49-64(6)84(85(115-10)83(107)63(5)48-59)126-92(111)96-29-33-117-35-37-119-39-41-121-43-45-123-47-46-122-44-42-120-40-38-118-36-34-116-32-28-80(106)101-31-27-68-51-67(20-22-70(68)57-101)56-103-88-81(87(94)97-58-98-88)82(100-103)69-23-26-76-72(53-69)99-91(95)125-76/h11-13,16-17,20,22-23,26,49,51,53,58-59,61-63,65-66,71,73-74,77-79,84-85,104,112H,14-15,18-19,21,24-25,27-48,50,52,54-57H2,1-10H3,(H2,95,99)(H,96,111)(H2,94,97,98)/b13-11+,16-12+,60-17+,64-49+/t59-,61-,62-,63-,65-,66+,71+,73+,74-,77+,78+,79-,84-,85+,93-/m1/s1. The van der Waals surface area contributed by atoms with Crippen LogP contribution >= 0.6 is 0 Å².